The highest BCUT2D eigenvalue weighted by molar-refractivity contribution is 6.14. The highest BCUT2D eigenvalue weighted by Gasteiger charge is 2.46. The van der Waals surface area contributed by atoms with Gasteiger partial charge in [-0.3, -0.25) is 0 Å². The zero-order valence-electron chi connectivity index (χ0n) is 34.5. The van der Waals surface area contributed by atoms with Crippen LogP contribution in [0.25, 0.3) is 88.4 Å². The van der Waals surface area contributed by atoms with Gasteiger partial charge in [-0.25, -0.2) is 0 Å². The molecule has 2 aromatic heterocycles. The van der Waals surface area contributed by atoms with Gasteiger partial charge >= 0.3 is 0 Å². The summed E-state index contributed by atoms with van der Waals surface area (Å²) in [6.45, 7) is 0. The first kappa shape index (κ1) is 35.5. The summed E-state index contributed by atoms with van der Waals surface area (Å²) >= 11 is 0. The molecule has 1 aliphatic rings. The molecule has 0 aliphatic heterocycles. The number of hydrogen-bond donors (Lipinski definition) is 0. The molecule has 1 aliphatic carbocycles. The van der Waals surface area contributed by atoms with Crippen LogP contribution in [0.2, 0.25) is 0 Å². The zero-order valence-corrected chi connectivity index (χ0v) is 34.5. The number of nitrogens with zero attached hydrogens (tertiary/aromatic N) is 2. The van der Waals surface area contributed by atoms with Crippen LogP contribution < -0.4 is 0 Å². The van der Waals surface area contributed by atoms with Crippen LogP contribution >= 0.6 is 0 Å². The van der Waals surface area contributed by atoms with Gasteiger partial charge in [-0.1, -0.05) is 176 Å². The second kappa shape index (κ2) is 13.9. The Morgan fingerprint density at radius 3 is 1.38 bits per heavy atom. The molecule has 0 bridgehead atoms. The summed E-state index contributed by atoms with van der Waals surface area (Å²) in [6, 6.07) is 89.5. The lowest BCUT2D eigenvalue weighted by Crippen LogP contribution is -2.28. The van der Waals surface area contributed by atoms with Crippen LogP contribution in [0.5, 0.6) is 0 Å². The van der Waals surface area contributed by atoms with Crippen molar-refractivity contribution in [1.82, 2.24) is 9.13 Å². The van der Waals surface area contributed by atoms with E-state index in [1.54, 1.807) is 0 Å². The number of aromatic nitrogens is 2. The summed E-state index contributed by atoms with van der Waals surface area (Å²) < 4.78 is 4.87. The summed E-state index contributed by atoms with van der Waals surface area (Å²) in [4.78, 5) is 0. The highest BCUT2D eigenvalue weighted by atomic mass is 15.0. The molecule has 0 saturated carbocycles. The lowest BCUT2D eigenvalue weighted by atomic mass is 9.67. The third-order valence-corrected chi connectivity index (χ3v) is 13.6. The summed E-state index contributed by atoms with van der Waals surface area (Å²) in [6.07, 6.45) is 0. The molecule has 2 nitrogen and oxygen atoms in total. The van der Waals surface area contributed by atoms with Gasteiger partial charge < -0.3 is 9.13 Å². The second-order valence-electron chi connectivity index (χ2n) is 16.8. The monoisotopic (exact) mass is 800 g/mol. The molecule has 0 spiro atoms. The number of fused-ring (bicyclic) bond motifs is 9. The van der Waals surface area contributed by atoms with Gasteiger partial charge in [0, 0.05) is 32.9 Å². The first-order valence-electron chi connectivity index (χ1n) is 21.8. The Balaban J connectivity index is 1.04. The Morgan fingerprint density at radius 1 is 0.254 bits per heavy atom. The molecule has 0 saturated heterocycles. The predicted molar refractivity (Wildman–Crippen MR) is 263 cm³/mol. The predicted octanol–water partition coefficient (Wildman–Crippen LogP) is 15.6. The molecule has 0 unspecified atom stereocenters. The van der Waals surface area contributed by atoms with Gasteiger partial charge in [0.2, 0.25) is 0 Å². The van der Waals surface area contributed by atoms with E-state index < -0.39 is 5.41 Å². The summed E-state index contributed by atoms with van der Waals surface area (Å²) in [7, 11) is 0. The average Bonchev–Trinajstić information content (AvgIpc) is 3.97. The van der Waals surface area contributed by atoms with E-state index in [0.717, 1.165) is 11.4 Å². The fraction of sp³-hybridized carbons (Fsp3) is 0.0164. The van der Waals surface area contributed by atoms with Crippen molar-refractivity contribution in [2.75, 3.05) is 0 Å². The van der Waals surface area contributed by atoms with Gasteiger partial charge in [-0.05, 0) is 122 Å². The zero-order chi connectivity index (χ0) is 41.5. The summed E-state index contributed by atoms with van der Waals surface area (Å²) in [5.74, 6) is 0. The standard InChI is InChI=1S/C61H40N2/c1-5-17-41(18-6-1)42-29-33-48(34-30-42)62-57-28-16-14-26-50(57)52-37-43(31-35-58(52)62)44-32-36-59-53(38-44)54-39-56-51(40-60(54)63(59)47-23-11-4-12-24-47)49-25-13-15-27-55(49)61(56,45-19-7-2-8-20-45)46-21-9-3-10-22-46/h1-40H. The van der Waals surface area contributed by atoms with E-state index in [-0.39, 0.29) is 0 Å². The van der Waals surface area contributed by atoms with Crippen molar-refractivity contribution in [3.05, 3.63) is 265 Å². The third-order valence-electron chi connectivity index (χ3n) is 13.6. The smallest absolute Gasteiger partial charge is 0.0713 e. The quantitative estimate of drug-likeness (QED) is 0.159. The molecule has 0 N–H and O–H groups in total. The maximum absolute atomic E-state index is 2.52. The minimum absolute atomic E-state index is 0.484. The summed E-state index contributed by atoms with van der Waals surface area (Å²) in [5.41, 5.74) is 19.2. The molecule has 0 atom stereocenters. The van der Waals surface area contributed by atoms with Gasteiger partial charge in [0.1, 0.15) is 0 Å². The van der Waals surface area contributed by atoms with E-state index in [0.29, 0.717) is 0 Å². The van der Waals surface area contributed by atoms with Crippen molar-refractivity contribution in [2.24, 2.45) is 0 Å². The normalized spacial score (nSPS) is 12.9. The number of rotatable bonds is 6. The van der Waals surface area contributed by atoms with Crippen molar-refractivity contribution >= 4 is 43.6 Å². The van der Waals surface area contributed by atoms with Gasteiger partial charge in [-0.15, -0.1) is 0 Å². The average molecular weight is 801 g/mol. The molecule has 0 amide bonds. The summed E-state index contributed by atoms with van der Waals surface area (Å²) in [5, 5.41) is 4.97. The van der Waals surface area contributed by atoms with Crippen LogP contribution in [-0.2, 0) is 5.41 Å². The minimum Gasteiger partial charge on any atom is -0.309 e. The Bertz CT molecular complexity index is 3650. The Kier molecular flexibility index (Phi) is 7.85. The van der Waals surface area contributed by atoms with Crippen molar-refractivity contribution in [3.8, 4) is 44.8 Å². The molecule has 10 aromatic carbocycles. The highest BCUT2D eigenvalue weighted by Crippen LogP contribution is 2.57. The molecule has 63 heavy (non-hydrogen) atoms. The van der Waals surface area contributed by atoms with E-state index in [4.69, 9.17) is 0 Å². The molecule has 2 heteroatoms. The van der Waals surface area contributed by atoms with E-state index in [1.165, 1.54) is 99.2 Å². The number of para-hydroxylation sites is 2. The van der Waals surface area contributed by atoms with E-state index in [2.05, 4.69) is 252 Å². The van der Waals surface area contributed by atoms with E-state index in [9.17, 15) is 0 Å². The lowest BCUT2D eigenvalue weighted by molar-refractivity contribution is 0.769. The van der Waals surface area contributed by atoms with Crippen molar-refractivity contribution in [1.29, 1.82) is 0 Å². The fourth-order valence-electron chi connectivity index (χ4n) is 10.9. The van der Waals surface area contributed by atoms with Crippen molar-refractivity contribution in [3.63, 3.8) is 0 Å². The first-order chi connectivity index (χ1) is 31.3. The molecule has 2 heterocycles. The number of hydrogen-bond acceptors (Lipinski definition) is 0. The topological polar surface area (TPSA) is 9.86 Å². The number of benzene rings is 10. The molecular formula is C61H40N2. The van der Waals surface area contributed by atoms with Crippen molar-refractivity contribution in [2.45, 2.75) is 5.41 Å². The molecule has 0 radical (unpaired) electrons. The third kappa shape index (κ3) is 5.25. The van der Waals surface area contributed by atoms with Gasteiger partial charge in [0.15, 0.2) is 0 Å². The molecule has 12 aromatic rings. The Morgan fingerprint density at radius 2 is 0.714 bits per heavy atom. The second-order valence-corrected chi connectivity index (χ2v) is 16.8. The van der Waals surface area contributed by atoms with Crippen LogP contribution in [0.3, 0.4) is 0 Å². The molecule has 13 rings (SSSR count). The van der Waals surface area contributed by atoms with Crippen LogP contribution in [0.4, 0.5) is 0 Å². The fourth-order valence-corrected chi connectivity index (χ4v) is 10.9. The van der Waals surface area contributed by atoms with Crippen LogP contribution in [0, 0.1) is 0 Å². The largest absolute Gasteiger partial charge is 0.309 e. The Hall–Kier alpha value is -8.20. The van der Waals surface area contributed by atoms with E-state index in [1.807, 2.05) is 0 Å². The molecule has 0 fully saturated rings. The maximum atomic E-state index is 2.52. The minimum atomic E-state index is -0.484. The van der Waals surface area contributed by atoms with Gasteiger partial charge in [-0.2, -0.15) is 0 Å². The SMILES string of the molecule is c1ccc(-c2ccc(-n3c4ccccc4c4cc(-c5ccc6c(c5)c5cc7c(cc5n6-c5ccccc5)-c5ccccc5C7(c5ccccc5)c5ccccc5)ccc43)cc2)cc1. The Labute approximate surface area is 366 Å². The first-order valence-corrected chi connectivity index (χ1v) is 21.8. The maximum Gasteiger partial charge on any atom is 0.0713 e. The van der Waals surface area contributed by atoms with Crippen LogP contribution in [0.15, 0.2) is 243 Å². The molecule has 294 valence electrons. The van der Waals surface area contributed by atoms with Crippen LogP contribution in [-0.4, -0.2) is 9.13 Å². The van der Waals surface area contributed by atoms with Crippen LogP contribution in [0.1, 0.15) is 22.3 Å². The molecular weight excluding hydrogens is 761 g/mol. The van der Waals surface area contributed by atoms with Crippen molar-refractivity contribution < 1.29 is 0 Å². The van der Waals surface area contributed by atoms with Gasteiger partial charge in [0.25, 0.3) is 0 Å². The van der Waals surface area contributed by atoms with E-state index >= 15 is 0 Å². The van der Waals surface area contributed by atoms with Gasteiger partial charge in [0.05, 0.1) is 27.5 Å². The lowest BCUT2D eigenvalue weighted by Gasteiger charge is -2.34.